The highest BCUT2D eigenvalue weighted by Crippen LogP contribution is 2.60. The quantitative estimate of drug-likeness (QED) is 0.738. The van der Waals surface area contributed by atoms with E-state index in [1.165, 1.54) is 23.1 Å². The number of alkyl halides is 1. The van der Waals surface area contributed by atoms with Gasteiger partial charge < -0.3 is 4.74 Å². The highest BCUT2D eigenvalue weighted by Gasteiger charge is 2.49. The summed E-state index contributed by atoms with van der Waals surface area (Å²) in [5, 5.41) is 0. The summed E-state index contributed by atoms with van der Waals surface area (Å²) in [6.45, 7) is 6.28. The van der Waals surface area contributed by atoms with Crippen LogP contribution >= 0.6 is 15.9 Å². The van der Waals surface area contributed by atoms with Gasteiger partial charge in [0.05, 0.1) is 13.2 Å². The van der Waals surface area contributed by atoms with Gasteiger partial charge in [0, 0.05) is 4.83 Å². The number of ether oxygens (including phenoxy) is 1. The summed E-state index contributed by atoms with van der Waals surface area (Å²) in [5.74, 6) is 0.785. The minimum Gasteiger partial charge on any atom is -0.372 e. The maximum absolute atomic E-state index is 5.45. The molecule has 0 spiro atoms. The second kappa shape index (κ2) is 3.58. The average molecular weight is 281 g/mol. The topological polar surface area (TPSA) is 9.23 Å². The van der Waals surface area contributed by atoms with Crippen LogP contribution in [0.5, 0.6) is 0 Å². The average Bonchev–Trinajstić information content (AvgIpc) is 2.72. The van der Waals surface area contributed by atoms with E-state index in [1.807, 2.05) is 0 Å². The molecule has 2 heteroatoms. The summed E-state index contributed by atoms with van der Waals surface area (Å²) >= 11 is 3.86. The van der Waals surface area contributed by atoms with Gasteiger partial charge >= 0.3 is 0 Å². The Morgan fingerprint density at radius 1 is 1.31 bits per heavy atom. The van der Waals surface area contributed by atoms with Crippen LogP contribution in [-0.4, -0.2) is 0 Å². The predicted molar refractivity (Wildman–Crippen MR) is 68.5 cm³/mol. The van der Waals surface area contributed by atoms with Crippen LogP contribution in [0, 0.1) is 11.3 Å². The lowest BCUT2D eigenvalue weighted by molar-refractivity contribution is 0.134. The smallest absolute Gasteiger partial charge is 0.0725 e. The molecule has 1 fully saturated rings. The minimum atomic E-state index is 0.508. The zero-order chi connectivity index (χ0) is 11.3. The number of fused-ring (bicyclic) bond motifs is 1. The first-order valence-corrected chi connectivity index (χ1v) is 6.83. The van der Waals surface area contributed by atoms with E-state index in [2.05, 4.69) is 48.0 Å². The molecule has 3 rings (SSSR count). The van der Waals surface area contributed by atoms with Gasteiger partial charge in [-0.05, 0) is 34.4 Å². The molecular weight excluding hydrogens is 264 g/mol. The Morgan fingerprint density at radius 3 is 2.69 bits per heavy atom. The van der Waals surface area contributed by atoms with Crippen molar-refractivity contribution in [2.24, 2.45) is 11.3 Å². The van der Waals surface area contributed by atoms with Crippen molar-refractivity contribution < 1.29 is 4.74 Å². The van der Waals surface area contributed by atoms with E-state index in [4.69, 9.17) is 4.74 Å². The van der Waals surface area contributed by atoms with Crippen LogP contribution in [0.1, 0.15) is 41.8 Å². The summed E-state index contributed by atoms with van der Waals surface area (Å²) in [5.41, 5.74) is 4.67. The second-order valence-electron chi connectivity index (χ2n) is 5.72. The third-order valence-electron chi connectivity index (χ3n) is 4.01. The fourth-order valence-corrected chi connectivity index (χ4v) is 3.79. The maximum Gasteiger partial charge on any atom is 0.0725 e. The molecule has 0 aromatic heterocycles. The Labute approximate surface area is 105 Å². The summed E-state index contributed by atoms with van der Waals surface area (Å²) in [6.07, 6.45) is 1.33. The molecule has 2 unspecified atom stereocenters. The third kappa shape index (κ3) is 1.72. The van der Waals surface area contributed by atoms with E-state index in [9.17, 15) is 0 Å². The van der Waals surface area contributed by atoms with Crippen LogP contribution in [0.4, 0.5) is 0 Å². The summed E-state index contributed by atoms with van der Waals surface area (Å²) in [6, 6.07) is 6.79. The molecule has 0 radical (unpaired) electrons. The van der Waals surface area contributed by atoms with E-state index in [0.717, 1.165) is 19.1 Å². The van der Waals surface area contributed by atoms with Crippen LogP contribution in [0.3, 0.4) is 0 Å². The molecule has 2 aliphatic rings. The van der Waals surface area contributed by atoms with Crippen LogP contribution in [-0.2, 0) is 18.0 Å². The Morgan fingerprint density at radius 2 is 2.00 bits per heavy atom. The fraction of sp³-hybridized carbons (Fsp3) is 0.571. The van der Waals surface area contributed by atoms with Gasteiger partial charge in [0.2, 0.25) is 0 Å². The van der Waals surface area contributed by atoms with Crippen molar-refractivity contribution >= 4 is 15.9 Å². The normalized spacial score (nSPS) is 27.6. The van der Waals surface area contributed by atoms with E-state index in [1.54, 1.807) is 0 Å². The largest absolute Gasteiger partial charge is 0.372 e. The molecule has 1 nitrogen and oxygen atoms in total. The monoisotopic (exact) mass is 280 g/mol. The summed E-state index contributed by atoms with van der Waals surface area (Å²) in [7, 11) is 0. The Hall–Kier alpha value is -0.340. The minimum absolute atomic E-state index is 0.508. The van der Waals surface area contributed by atoms with Gasteiger partial charge in [-0.1, -0.05) is 48.0 Å². The molecule has 0 N–H and O–H groups in total. The zero-order valence-corrected chi connectivity index (χ0v) is 11.4. The molecule has 1 aromatic carbocycles. The van der Waals surface area contributed by atoms with Gasteiger partial charge in [-0.25, -0.2) is 0 Å². The molecule has 2 atom stereocenters. The fourth-order valence-electron chi connectivity index (χ4n) is 2.60. The van der Waals surface area contributed by atoms with Gasteiger partial charge in [-0.2, -0.15) is 0 Å². The van der Waals surface area contributed by atoms with Crippen LogP contribution in [0.2, 0.25) is 0 Å². The second-order valence-corrected chi connectivity index (χ2v) is 6.71. The number of rotatable bonds is 2. The molecular formula is C14H17BrO. The Bertz CT molecular complexity index is 425. The van der Waals surface area contributed by atoms with Crippen molar-refractivity contribution in [3.8, 4) is 0 Å². The molecule has 0 amide bonds. The van der Waals surface area contributed by atoms with E-state index < -0.39 is 0 Å². The van der Waals surface area contributed by atoms with Gasteiger partial charge in [0.25, 0.3) is 0 Å². The molecule has 0 bridgehead atoms. The van der Waals surface area contributed by atoms with Crippen molar-refractivity contribution in [1.82, 2.24) is 0 Å². The predicted octanol–water partition coefficient (Wildman–Crippen LogP) is 4.20. The maximum atomic E-state index is 5.45. The number of benzene rings is 1. The lowest BCUT2D eigenvalue weighted by Gasteiger charge is -2.13. The van der Waals surface area contributed by atoms with E-state index in [0.29, 0.717) is 10.2 Å². The number of hydrogen-bond acceptors (Lipinski definition) is 1. The van der Waals surface area contributed by atoms with Gasteiger partial charge in [0.1, 0.15) is 0 Å². The standard InChI is InChI=1S/C14H17BrO/c1-14(2)6-12(14)13(15)9-3-4-10-7-16-8-11(10)5-9/h3-5,12-13H,6-8H2,1-2H3. The van der Waals surface area contributed by atoms with Gasteiger partial charge in [-0.15, -0.1) is 0 Å². The first kappa shape index (κ1) is 10.8. The lowest BCUT2D eigenvalue weighted by atomic mass is 9.99. The van der Waals surface area contributed by atoms with Crippen molar-refractivity contribution in [2.45, 2.75) is 38.3 Å². The molecule has 1 heterocycles. The molecule has 86 valence electrons. The van der Waals surface area contributed by atoms with E-state index in [-0.39, 0.29) is 0 Å². The number of halogens is 1. The van der Waals surface area contributed by atoms with Crippen molar-refractivity contribution in [3.63, 3.8) is 0 Å². The van der Waals surface area contributed by atoms with Crippen molar-refractivity contribution in [2.75, 3.05) is 0 Å². The third-order valence-corrected chi connectivity index (χ3v) is 5.17. The molecule has 16 heavy (non-hydrogen) atoms. The Balaban J connectivity index is 1.85. The molecule has 0 saturated heterocycles. The Kier molecular flexibility index (Phi) is 2.41. The van der Waals surface area contributed by atoms with E-state index >= 15 is 0 Å². The lowest BCUT2D eigenvalue weighted by Crippen LogP contribution is -1.99. The van der Waals surface area contributed by atoms with Crippen LogP contribution in [0.15, 0.2) is 18.2 Å². The highest BCUT2D eigenvalue weighted by molar-refractivity contribution is 9.09. The molecule has 1 aromatic rings. The van der Waals surface area contributed by atoms with Crippen LogP contribution < -0.4 is 0 Å². The highest BCUT2D eigenvalue weighted by atomic mass is 79.9. The number of hydrogen-bond donors (Lipinski definition) is 0. The SMILES string of the molecule is CC1(C)CC1C(Br)c1ccc2c(c1)COC2. The molecule has 1 aliphatic heterocycles. The first-order valence-electron chi connectivity index (χ1n) is 5.91. The van der Waals surface area contributed by atoms with Gasteiger partial charge in [0.15, 0.2) is 0 Å². The summed E-state index contributed by atoms with van der Waals surface area (Å²) in [4.78, 5) is 0.508. The molecule has 1 aliphatic carbocycles. The van der Waals surface area contributed by atoms with Crippen molar-refractivity contribution in [3.05, 3.63) is 34.9 Å². The first-order chi connectivity index (χ1) is 7.58. The van der Waals surface area contributed by atoms with Gasteiger partial charge in [-0.3, -0.25) is 0 Å². The zero-order valence-electron chi connectivity index (χ0n) is 9.79. The van der Waals surface area contributed by atoms with Crippen molar-refractivity contribution in [1.29, 1.82) is 0 Å². The molecule has 1 saturated carbocycles. The van der Waals surface area contributed by atoms with Crippen LogP contribution in [0.25, 0.3) is 0 Å². The summed E-state index contributed by atoms with van der Waals surface area (Å²) < 4.78 is 5.45.